The molecule has 136 valence electrons. The highest BCUT2D eigenvalue weighted by molar-refractivity contribution is 7.92. The highest BCUT2D eigenvalue weighted by atomic mass is 32.2. The number of carbonyl (C=O) groups excluding carboxylic acids is 1. The molecule has 1 amide bonds. The minimum absolute atomic E-state index is 0.176. The zero-order valence-electron chi connectivity index (χ0n) is 14.5. The molecule has 0 saturated heterocycles. The lowest BCUT2D eigenvalue weighted by molar-refractivity contribution is 0.102. The molecular formula is C21H18N2O3S. The van der Waals surface area contributed by atoms with Crippen LogP contribution in [0.5, 0.6) is 0 Å². The van der Waals surface area contributed by atoms with Gasteiger partial charge in [-0.25, -0.2) is 8.42 Å². The predicted molar refractivity (Wildman–Crippen MR) is 106 cm³/mol. The minimum Gasteiger partial charge on any atom is -0.322 e. The van der Waals surface area contributed by atoms with Crippen LogP contribution in [0, 0.1) is 0 Å². The lowest BCUT2D eigenvalue weighted by Crippen LogP contribution is -2.29. The number of sulfonamides is 1. The van der Waals surface area contributed by atoms with E-state index in [0.717, 1.165) is 11.3 Å². The van der Waals surface area contributed by atoms with Crippen LogP contribution in [0.3, 0.4) is 0 Å². The molecule has 27 heavy (non-hydrogen) atoms. The van der Waals surface area contributed by atoms with E-state index in [9.17, 15) is 13.2 Å². The summed E-state index contributed by atoms with van der Waals surface area (Å²) in [6.07, 6.45) is 0.701. The van der Waals surface area contributed by atoms with E-state index in [-0.39, 0.29) is 10.8 Å². The van der Waals surface area contributed by atoms with Crippen molar-refractivity contribution in [3.8, 4) is 0 Å². The van der Waals surface area contributed by atoms with Crippen molar-refractivity contribution in [1.29, 1.82) is 0 Å². The number of anilines is 2. The SMILES string of the molecule is O=C(Nc1ccccc1)c1ccc(S(=O)(=O)N2CCc3ccccc32)cc1. The van der Waals surface area contributed by atoms with Gasteiger partial charge in [0.2, 0.25) is 0 Å². The maximum absolute atomic E-state index is 13.0. The summed E-state index contributed by atoms with van der Waals surface area (Å²) in [5, 5.41) is 2.79. The zero-order chi connectivity index (χ0) is 18.9. The fourth-order valence-electron chi connectivity index (χ4n) is 3.19. The molecule has 1 aliphatic rings. The van der Waals surface area contributed by atoms with Gasteiger partial charge in [-0.3, -0.25) is 9.10 Å². The zero-order valence-corrected chi connectivity index (χ0v) is 15.3. The number of nitrogens with zero attached hydrogens (tertiary/aromatic N) is 1. The molecular weight excluding hydrogens is 360 g/mol. The van der Waals surface area contributed by atoms with E-state index < -0.39 is 10.0 Å². The van der Waals surface area contributed by atoms with Crippen LogP contribution in [0.4, 0.5) is 11.4 Å². The number of amides is 1. The highest BCUT2D eigenvalue weighted by Crippen LogP contribution is 2.32. The van der Waals surface area contributed by atoms with Gasteiger partial charge in [-0.05, 0) is 54.4 Å². The van der Waals surface area contributed by atoms with E-state index in [1.807, 2.05) is 42.5 Å². The monoisotopic (exact) mass is 378 g/mol. The topological polar surface area (TPSA) is 66.5 Å². The molecule has 0 aliphatic carbocycles. The van der Waals surface area contributed by atoms with Gasteiger partial charge in [0.05, 0.1) is 10.6 Å². The summed E-state index contributed by atoms with van der Waals surface area (Å²) in [5.41, 5.74) is 2.84. The molecule has 5 nitrogen and oxygen atoms in total. The molecule has 0 spiro atoms. The van der Waals surface area contributed by atoms with Crippen LogP contribution >= 0.6 is 0 Å². The molecule has 0 bridgehead atoms. The van der Waals surface area contributed by atoms with Gasteiger partial charge in [0.1, 0.15) is 0 Å². The Labute approximate surface area is 158 Å². The van der Waals surface area contributed by atoms with E-state index in [1.54, 1.807) is 12.1 Å². The van der Waals surface area contributed by atoms with Crippen molar-refractivity contribution in [2.75, 3.05) is 16.2 Å². The highest BCUT2D eigenvalue weighted by Gasteiger charge is 2.30. The Balaban J connectivity index is 1.56. The van der Waals surface area contributed by atoms with Crippen molar-refractivity contribution >= 4 is 27.3 Å². The summed E-state index contributed by atoms with van der Waals surface area (Å²) in [6.45, 7) is 0.428. The molecule has 0 radical (unpaired) electrons. The fraction of sp³-hybridized carbons (Fsp3) is 0.0952. The Morgan fingerprint density at radius 2 is 1.52 bits per heavy atom. The van der Waals surface area contributed by atoms with Crippen molar-refractivity contribution in [2.24, 2.45) is 0 Å². The lowest BCUT2D eigenvalue weighted by Gasteiger charge is -2.19. The van der Waals surface area contributed by atoms with Crippen LogP contribution in [0.25, 0.3) is 0 Å². The Morgan fingerprint density at radius 1 is 0.852 bits per heavy atom. The molecule has 4 rings (SSSR count). The molecule has 0 fully saturated rings. The second kappa shape index (κ2) is 6.89. The maximum Gasteiger partial charge on any atom is 0.264 e. The van der Waals surface area contributed by atoms with Crippen molar-refractivity contribution in [3.05, 3.63) is 90.0 Å². The smallest absolute Gasteiger partial charge is 0.264 e. The number of fused-ring (bicyclic) bond motifs is 1. The van der Waals surface area contributed by atoms with Gasteiger partial charge in [0.15, 0.2) is 0 Å². The number of para-hydroxylation sites is 2. The second-order valence-corrected chi connectivity index (χ2v) is 8.16. The first kappa shape index (κ1) is 17.3. The van der Waals surface area contributed by atoms with Crippen molar-refractivity contribution in [1.82, 2.24) is 0 Å². The summed E-state index contributed by atoms with van der Waals surface area (Å²) in [5.74, 6) is -0.281. The molecule has 3 aromatic rings. The molecule has 1 heterocycles. The third kappa shape index (κ3) is 3.31. The molecule has 0 atom stereocenters. The summed E-state index contributed by atoms with van der Waals surface area (Å²) in [7, 11) is -3.65. The number of hydrogen-bond acceptors (Lipinski definition) is 3. The van der Waals surface area contributed by atoms with Gasteiger partial charge in [-0.15, -0.1) is 0 Å². The molecule has 0 saturated carbocycles. The Kier molecular flexibility index (Phi) is 4.41. The number of carbonyl (C=O) groups is 1. The number of hydrogen-bond donors (Lipinski definition) is 1. The largest absolute Gasteiger partial charge is 0.322 e. The first-order valence-electron chi connectivity index (χ1n) is 8.63. The molecule has 0 aromatic heterocycles. The normalized spacial score (nSPS) is 13.3. The second-order valence-electron chi connectivity index (χ2n) is 6.30. The molecule has 1 aliphatic heterocycles. The van der Waals surface area contributed by atoms with Gasteiger partial charge < -0.3 is 5.32 Å². The van der Waals surface area contributed by atoms with Crippen LogP contribution in [-0.2, 0) is 16.4 Å². The average Bonchev–Trinajstić information content (AvgIpc) is 3.14. The van der Waals surface area contributed by atoms with E-state index >= 15 is 0 Å². The van der Waals surface area contributed by atoms with Crippen molar-refractivity contribution in [2.45, 2.75) is 11.3 Å². The van der Waals surface area contributed by atoms with Crippen LogP contribution in [0.2, 0.25) is 0 Å². The average molecular weight is 378 g/mol. The van der Waals surface area contributed by atoms with Gasteiger partial charge in [-0.1, -0.05) is 36.4 Å². The standard InChI is InChI=1S/C21H18N2O3S/c24-21(22-18-7-2-1-3-8-18)17-10-12-19(13-11-17)27(25,26)23-15-14-16-6-4-5-9-20(16)23/h1-13H,14-15H2,(H,22,24). The van der Waals surface area contributed by atoms with Gasteiger partial charge in [0.25, 0.3) is 15.9 Å². The summed E-state index contributed by atoms with van der Waals surface area (Å²) >= 11 is 0. The Bertz CT molecular complexity index is 1080. The molecule has 3 aromatic carbocycles. The van der Waals surface area contributed by atoms with Gasteiger partial charge in [-0.2, -0.15) is 0 Å². The van der Waals surface area contributed by atoms with Crippen molar-refractivity contribution in [3.63, 3.8) is 0 Å². The predicted octanol–water partition coefficient (Wildman–Crippen LogP) is 3.69. The van der Waals surface area contributed by atoms with E-state index in [2.05, 4.69) is 5.32 Å². The van der Waals surface area contributed by atoms with E-state index in [0.29, 0.717) is 24.2 Å². The molecule has 6 heteroatoms. The third-order valence-electron chi connectivity index (χ3n) is 4.58. The van der Waals surface area contributed by atoms with E-state index in [4.69, 9.17) is 0 Å². The summed E-state index contributed by atoms with van der Waals surface area (Å²) in [4.78, 5) is 12.5. The van der Waals surface area contributed by atoms with Crippen LogP contribution < -0.4 is 9.62 Å². The Morgan fingerprint density at radius 3 is 2.26 bits per heavy atom. The third-order valence-corrected chi connectivity index (χ3v) is 6.41. The number of benzene rings is 3. The maximum atomic E-state index is 13.0. The fourth-order valence-corrected chi connectivity index (χ4v) is 4.69. The first-order chi connectivity index (χ1) is 13.1. The first-order valence-corrected chi connectivity index (χ1v) is 10.1. The molecule has 0 unspecified atom stereocenters. The van der Waals surface area contributed by atoms with Crippen LogP contribution in [0.1, 0.15) is 15.9 Å². The minimum atomic E-state index is -3.65. The summed E-state index contributed by atoms with van der Waals surface area (Å²) in [6, 6.07) is 22.7. The van der Waals surface area contributed by atoms with E-state index in [1.165, 1.54) is 28.6 Å². The van der Waals surface area contributed by atoms with Crippen molar-refractivity contribution < 1.29 is 13.2 Å². The number of rotatable bonds is 4. The Hall–Kier alpha value is -3.12. The summed E-state index contributed by atoms with van der Waals surface area (Å²) < 4.78 is 27.4. The van der Waals surface area contributed by atoms with Crippen LogP contribution in [0.15, 0.2) is 83.8 Å². The number of nitrogens with one attached hydrogen (secondary N) is 1. The molecule has 1 N–H and O–H groups in total. The van der Waals surface area contributed by atoms with Crippen LogP contribution in [-0.4, -0.2) is 20.9 Å². The quantitative estimate of drug-likeness (QED) is 0.753. The van der Waals surface area contributed by atoms with Gasteiger partial charge in [0, 0.05) is 17.8 Å². The lowest BCUT2D eigenvalue weighted by atomic mass is 10.2. The van der Waals surface area contributed by atoms with Gasteiger partial charge >= 0.3 is 0 Å².